The molecule has 0 radical (unpaired) electrons. The van der Waals surface area contributed by atoms with Gasteiger partial charge in [-0.05, 0) is 62.1 Å². The molecule has 2 aromatic carbocycles. The minimum Gasteiger partial charge on any atom is -0.497 e. The van der Waals surface area contributed by atoms with Crippen molar-refractivity contribution in [3.63, 3.8) is 0 Å². The van der Waals surface area contributed by atoms with E-state index in [0.717, 1.165) is 40.8 Å². The third-order valence-corrected chi connectivity index (χ3v) is 6.49. The number of nitrogens with zero attached hydrogens (tertiary/aromatic N) is 2. The van der Waals surface area contributed by atoms with E-state index in [9.17, 15) is 9.59 Å². The predicted octanol–water partition coefficient (Wildman–Crippen LogP) is 4.86. The van der Waals surface area contributed by atoms with Crippen molar-refractivity contribution in [1.29, 1.82) is 0 Å². The lowest BCUT2D eigenvalue weighted by Gasteiger charge is -2.31. The summed E-state index contributed by atoms with van der Waals surface area (Å²) in [6, 6.07) is 17.2. The number of carbonyl (C=O) groups is 2. The molecular weight excluding hydrogens is 388 g/mol. The summed E-state index contributed by atoms with van der Waals surface area (Å²) in [5, 5.41) is 0.910. The summed E-state index contributed by atoms with van der Waals surface area (Å²) in [6.45, 7) is 1.20. The molecule has 2 heterocycles. The molecule has 1 aliphatic heterocycles. The third-order valence-electron chi connectivity index (χ3n) is 6.49. The number of Topliss-reactive ketones (excluding diaryl/α,β-unsaturated/α-hetero) is 1. The second-order valence-corrected chi connectivity index (χ2v) is 8.55. The van der Waals surface area contributed by atoms with Crippen molar-refractivity contribution in [2.24, 2.45) is 5.92 Å². The number of benzene rings is 2. The normalized spacial score (nSPS) is 17.0. The van der Waals surface area contributed by atoms with Gasteiger partial charge in [-0.2, -0.15) is 0 Å². The molecular formula is C26H26N2O3. The number of hydrogen-bond acceptors (Lipinski definition) is 4. The summed E-state index contributed by atoms with van der Waals surface area (Å²) in [6.07, 6.45) is 3.68. The number of hydrogen-bond donors (Lipinski definition) is 0. The number of ether oxygens (including phenoxy) is 1. The Bertz CT molecular complexity index is 1130. The summed E-state index contributed by atoms with van der Waals surface area (Å²) < 4.78 is 5.17. The van der Waals surface area contributed by atoms with E-state index >= 15 is 0 Å². The number of amides is 1. The SMILES string of the molecule is COc1ccc(C(=O)C2CCN(C(=O)c3cc(C4CC4)nc4ccccc34)CC2)cc1. The Morgan fingerprint density at radius 3 is 2.35 bits per heavy atom. The molecule has 0 atom stereocenters. The molecule has 5 heteroatoms. The lowest BCUT2D eigenvalue weighted by molar-refractivity contribution is 0.0652. The number of carbonyl (C=O) groups excluding carboxylic acids is 2. The molecule has 31 heavy (non-hydrogen) atoms. The Kier molecular flexibility index (Phi) is 5.18. The van der Waals surface area contributed by atoms with Crippen LogP contribution < -0.4 is 4.74 Å². The maximum Gasteiger partial charge on any atom is 0.254 e. The van der Waals surface area contributed by atoms with E-state index in [1.165, 1.54) is 0 Å². The van der Waals surface area contributed by atoms with Crippen LogP contribution in [0.25, 0.3) is 10.9 Å². The maximum absolute atomic E-state index is 13.4. The number of aromatic nitrogens is 1. The summed E-state index contributed by atoms with van der Waals surface area (Å²) in [5.41, 5.74) is 3.37. The Labute approximate surface area is 182 Å². The molecule has 2 fully saturated rings. The van der Waals surface area contributed by atoms with Crippen LogP contribution in [0.15, 0.2) is 54.6 Å². The molecule has 0 bridgehead atoms. The molecule has 1 aromatic heterocycles. The van der Waals surface area contributed by atoms with Gasteiger partial charge in [-0.1, -0.05) is 18.2 Å². The van der Waals surface area contributed by atoms with E-state index in [-0.39, 0.29) is 17.6 Å². The van der Waals surface area contributed by atoms with Gasteiger partial charge in [0.1, 0.15) is 5.75 Å². The molecule has 1 aliphatic carbocycles. The predicted molar refractivity (Wildman–Crippen MR) is 120 cm³/mol. The van der Waals surface area contributed by atoms with Crippen molar-refractivity contribution >= 4 is 22.6 Å². The fourth-order valence-electron chi connectivity index (χ4n) is 4.47. The highest BCUT2D eigenvalue weighted by Crippen LogP contribution is 2.40. The molecule has 1 saturated heterocycles. The van der Waals surface area contributed by atoms with Crippen LogP contribution in [0.1, 0.15) is 58.0 Å². The average molecular weight is 415 g/mol. The van der Waals surface area contributed by atoms with E-state index in [1.54, 1.807) is 7.11 Å². The molecule has 5 nitrogen and oxygen atoms in total. The molecule has 0 spiro atoms. The molecule has 0 N–H and O–H groups in total. The number of likely N-dealkylation sites (tertiary alicyclic amines) is 1. The molecule has 158 valence electrons. The van der Waals surface area contributed by atoms with Gasteiger partial charge in [-0.3, -0.25) is 14.6 Å². The van der Waals surface area contributed by atoms with E-state index < -0.39 is 0 Å². The maximum atomic E-state index is 13.4. The Balaban J connectivity index is 1.31. The number of ketones is 1. The lowest BCUT2D eigenvalue weighted by atomic mass is 9.88. The number of para-hydroxylation sites is 1. The first kappa shape index (κ1) is 19.7. The molecule has 5 rings (SSSR count). The van der Waals surface area contributed by atoms with Gasteiger partial charge in [0, 0.05) is 41.6 Å². The highest BCUT2D eigenvalue weighted by molar-refractivity contribution is 6.06. The van der Waals surface area contributed by atoms with Crippen LogP contribution >= 0.6 is 0 Å². The second-order valence-electron chi connectivity index (χ2n) is 8.55. The minimum absolute atomic E-state index is 0.0475. The molecule has 1 saturated carbocycles. The van der Waals surface area contributed by atoms with Gasteiger partial charge in [-0.15, -0.1) is 0 Å². The van der Waals surface area contributed by atoms with Crippen molar-refractivity contribution < 1.29 is 14.3 Å². The number of piperidine rings is 1. The van der Waals surface area contributed by atoms with Crippen molar-refractivity contribution in [2.45, 2.75) is 31.6 Å². The minimum atomic E-state index is -0.0475. The van der Waals surface area contributed by atoms with Gasteiger partial charge >= 0.3 is 0 Å². The van der Waals surface area contributed by atoms with Gasteiger partial charge < -0.3 is 9.64 Å². The largest absolute Gasteiger partial charge is 0.497 e. The quantitative estimate of drug-likeness (QED) is 0.560. The molecule has 0 unspecified atom stereocenters. The lowest BCUT2D eigenvalue weighted by Crippen LogP contribution is -2.40. The smallest absolute Gasteiger partial charge is 0.254 e. The van der Waals surface area contributed by atoms with Crippen LogP contribution in [0, 0.1) is 5.92 Å². The highest BCUT2D eigenvalue weighted by atomic mass is 16.5. The van der Waals surface area contributed by atoms with E-state index in [0.29, 0.717) is 37.4 Å². The van der Waals surface area contributed by atoms with Crippen LogP contribution in [0.5, 0.6) is 5.75 Å². The first-order valence-corrected chi connectivity index (χ1v) is 11.0. The van der Waals surface area contributed by atoms with Gasteiger partial charge in [0.2, 0.25) is 0 Å². The first-order chi connectivity index (χ1) is 15.1. The fraction of sp³-hybridized carbons (Fsp3) is 0.346. The zero-order chi connectivity index (χ0) is 21.4. The van der Waals surface area contributed by atoms with Gasteiger partial charge in [0.25, 0.3) is 5.91 Å². The fourth-order valence-corrected chi connectivity index (χ4v) is 4.47. The number of pyridine rings is 1. The van der Waals surface area contributed by atoms with Crippen LogP contribution in [-0.4, -0.2) is 41.8 Å². The van der Waals surface area contributed by atoms with Crippen molar-refractivity contribution in [2.75, 3.05) is 20.2 Å². The van der Waals surface area contributed by atoms with Crippen LogP contribution in [-0.2, 0) is 0 Å². The van der Waals surface area contributed by atoms with Gasteiger partial charge in [-0.25, -0.2) is 0 Å². The highest BCUT2D eigenvalue weighted by Gasteiger charge is 2.31. The third kappa shape index (κ3) is 3.92. The van der Waals surface area contributed by atoms with Gasteiger partial charge in [0.05, 0.1) is 18.2 Å². The van der Waals surface area contributed by atoms with Crippen LogP contribution in [0.3, 0.4) is 0 Å². The number of methoxy groups -OCH3 is 1. The second kappa shape index (κ2) is 8.14. The van der Waals surface area contributed by atoms with Crippen molar-refractivity contribution in [3.05, 3.63) is 71.4 Å². The van der Waals surface area contributed by atoms with Crippen LogP contribution in [0.4, 0.5) is 0 Å². The standard InChI is InChI=1S/C26H26N2O3/c1-31-20-10-8-18(9-11-20)25(29)19-12-14-28(15-13-19)26(30)22-16-24(17-6-7-17)27-23-5-3-2-4-21(22)23/h2-5,8-11,16-17,19H,6-7,12-15H2,1H3. The monoisotopic (exact) mass is 414 g/mol. The Morgan fingerprint density at radius 2 is 1.68 bits per heavy atom. The Morgan fingerprint density at radius 1 is 0.968 bits per heavy atom. The zero-order valence-corrected chi connectivity index (χ0v) is 17.7. The zero-order valence-electron chi connectivity index (χ0n) is 17.7. The van der Waals surface area contributed by atoms with Crippen molar-refractivity contribution in [1.82, 2.24) is 9.88 Å². The van der Waals surface area contributed by atoms with E-state index in [1.807, 2.05) is 59.5 Å². The van der Waals surface area contributed by atoms with Gasteiger partial charge in [0.15, 0.2) is 5.78 Å². The molecule has 2 aliphatic rings. The van der Waals surface area contributed by atoms with E-state index in [2.05, 4.69) is 0 Å². The first-order valence-electron chi connectivity index (χ1n) is 11.0. The summed E-state index contributed by atoms with van der Waals surface area (Å²) in [4.78, 5) is 33.0. The van der Waals surface area contributed by atoms with E-state index in [4.69, 9.17) is 9.72 Å². The summed E-state index contributed by atoms with van der Waals surface area (Å²) in [7, 11) is 1.61. The van der Waals surface area contributed by atoms with Crippen molar-refractivity contribution in [3.8, 4) is 5.75 Å². The average Bonchev–Trinajstić information content (AvgIpc) is 3.68. The topological polar surface area (TPSA) is 59.5 Å². The molecule has 1 amide bonds. The molecule has 3 aromatic rings. The number of fused-ring (bicyclic) bond motifs is 1. The Hall–Kier alpha value is -3.21. The summed E-state index contributed by atoms with van der Waals surface area (Å²) >= 11 is 0. The number of rotatable bonds is 5. The summed E-state index contributed by atoms with van der Waals surface area (Å²) in [5.74, 6) is 1.39. The van der Waals surface area contributed by atoms with Crippen LogP contribution in [0.2, 0.25) is 0 Å².